The van der Waals surface area contributed by atoms with Crippen molar-refractivity contribution in [1.29, 1.82) is 0 Å². The van der Waals surface area contributed by atoms with Crippen LogP contribution in [0.3, 0.4) is 0 Å². The van der Waals surface area contributed by atoms with Crippen LogP contribution in [0, 0.1) is 6.92 Å². The van der Waals surface area contributed by atoms with Gasteiger partial charge < -0.3 is 5.11 Å². The zero-order chi connectivity index (χ0) is 13.0. The van der Waals surface area contributed by atoms with E-state index >= 15 is 0 Å². The average molecular weight is 240 g/mol. The Morgan fingerprint density at radius 1 is 1.00 bits per heavy atom. The Balaban J connectivity index is 2.09. The zero-order valence-electron chi connectivity index (χ0n) is 10.5. The quantitative estimate of drug-likeness (QED) is 0.636. The van der Waals surface area contributed by atoms with Gasteiger partial charge in [0.2, 0.25) is 0 Å². The van der Waals surface area contributed by atoms with Gasteiger partial charge in [-0.25, -0.2) is 0 Å². The number of aryl methyl sites for hydroxylation is 1. The molecule has 0 aliphatic heterocycles. The molecule has 0 saturated heterocycles. The molecule has 2 rings (SSSR count). The van der Waals surface area contributed by atoms with Crippen molar-refractivity contribution in [1.82, 2.24) is 0 Å². The summed E-state index contributed by atoms with van der Waals surface area (Å²) >= 11 is 0. The normalized spacial score (nSPS) is 11.3. The Morgan fingerprint density at radius 3 is 2.22 bits per heavy atom. The molecule has 0 spiro atoms. The highest BCUT2D eigenvalue weighted by Crippen LogP contribution is 2.12. The van der Waals surface area contributed by atoms with Gasteiger partial charge in [0.05, 0.1) is 11.4 Å². The van der Waals surface area contributed by atoms with Crippen LogP contribution in [0.2, 0.25) is 0 Å². The summed E-state index contributed by atoms with van der Waals surface area (Å²) in [5.74, 6) is 0.262. The molecule has 0 fully saturated rings. The number of phenolic OH excluding ortho intramolecular Hbond substituents is 1. The summed E-state index contributed by atoms with van der Waals surface area (Å²) in [5.41, 5.74) is 7.04. The SMILES string of the molecule is C/C(=N\Nc1ccc(C)cc1)c1ccc(O)cc1. The Bertz CT molecular complexity index is 542. The summed E-state index contributed by atoms with van der Waals surface area (Å²) in [6.07, 6.45) is 0. The van der Waals surface area contributed by atoms with E-state index in [1.54, 1.807) is 12.1 Å². The number of anilines is 1. The van der Waals surface area contributed by atoms with Crippen LogP contribution in [0.15, 0.2) is 53.6 Å². The van der Waals surface area contributed by atoms with Crippen LogP contribution in [0.4, 0.5) is 5.69 Å². The fourth-order valence-corrected chi connectivity index (χ4v) is 1.54. The summed E-state index contributed by atoms with van der Waals surface area (Å²) in [5, 5.41) is 13.5. The van der Waals surface area contributed by atoms with Crippen LogP contribution < -0.4 is 5.43 Å². The Morgan fingerprint density at radius 2 is 1.61 bits per heavy atom. The van der Waals surface area contributed by atoms with Crippen molar-refractivity contribution >= 4 is 11.4 Å². The third-order valence-corrected chi connectivity index (χ3v) is 2.69. The molecular weight excluding hydrogens is 224 g/mol. The maximum Gasteiger partial charge on any atom is 0.115 e. The van der Waals surface area contributed by atoms with E-state index in [0.717, 1.165) is 17.0 Å². The smallest absolute Gasteiger partial charge is 0.115 e. The molecule has 0 aromatic heterocycles. The molecule has 92 valence electrons. The molecule has 0 aliphatic carbocycles. The Kier molecular flexibility index (Phi) is 3.63. The molecule has 0 unspecified atom stereocenters. The van der Waals surface area contributed by atoms with Crippen molar-refractivity contribution in [2.24, 2.45) is 5.10 Å². The average Bonchev–Trinajstić information content (AvgIpc) is 2.38. The van der Waals surface area contributed by atoms with Crippen molar-refractivity contribution in [3.8, 4) is 5.75 Å². The first-order valence-corrected chi connectivity index (χ1v) is 5.81. The first-order valence-electron chi connectivity index (χ1n) is 5.81. The second-order valence-corrected chi connectivity index (χ2v) is 4.22. The van der Waals surface area contributed by atoms with Crippen LogP contribution in [0.25, 0.3) is 0 Å². The van der Waals surface area contributed by atoms with Gasteiger partial charge in [-0.3, -0.25) is 5.43 Å². The van der Waals surface area contributed by atoms with Gasteiger partial charge in [0.15, 0.2) is 0 Å². The predicted molar refractivity (Wildman–Crippen MR) is 75.1 cm³/mol. The molecule has 0 amide bonds. The van der Waals surface area contributed by atoms with Crippen LogP contribution in [0.1, 0.15) is 18.1 Å². The van der Waals surface area contributed by atoms with Crippen LogP contribution in [-0.4, -0.2) is 10.8 Å². The number of hydrazone groups is 1. The number of benzene rings is 2. The molecule has 18 heavy (non-hydrogen) atoms. The van der Waals surface area contributed by atoms with E-state index in [2.05, 4.69) is 17.5 Å². The number of hydrogen-bond donors (Lipinski definition) is 2. The van der Waals surface area contributed by atoms with E-state index in [1.165, 1.54) is 5.56 Å². The topological polar surface area (TPSA) is 44.6 Å². The third kappa shape index (κ3) is 3.10. The first-order chi connectivity index (χ1) is 8.65. The fourth-order valence-electron chi connectivity index (χ4n) is 1.54. The minimum Gasteiger partial charge on any atom is -0.508 e. The summed E-state index contributed by atoms with van der Waals surface area (Å²) in [4.78, 5) is 0. The molecule has 2 N–H and O–H groups in total. The molecular formula is C15H16N2O. The van der Waals surface area contributed by atoms with E-state index in [1.807, 2.05) is 43.3 Å². The largest absolute Gasteiger partial charge is 0.508 e. The van der Waals surface area contributed by atoms with E-state index in [0.29, 0.717) is 0 Å². The molecule has 3 heteroatoms. The number of rotatable bonds is 3. The molecule has 0 aliphatic rings. The van der Waals surface area contributed by atoms with Gasteiger partial charge >= 0.3 is 0 Å². The van der Waals surface area contributed by atoms with Gasteiger partial charge in [-0.2, -0.15) is 5.10 Å². The molecule has 0 bridgehead atoms. The van der Waals surface area contributed by atoms with Gasteiger partial charge in [-0.15, -0.1) is 0 Å². The minimum atomic E-state index is 0.262. The van der Waals surface area contributed by atoms with Crippen molar-refractivity contribution in [3.05, 3.63) is 59.7 Å². The summed E-state index contributed by atoms with van der Waals surface area (Å²) in [6, 6.07) is 15.0. The monoisotopic (exact) mass is 240 g/mol. The zero-order valence-corrected chi connectivity index (χ0v) is 10.5. The molecule has 2 aromatic carbocycles. The molecule has 0 radical (unpaired) electrons. The number of hydrogen-bond acceptors (Lipinski definition) is 3. The number of nitrogens with one attached hydrogen (secondary N) is 1. The van der Waals surface area contributed by atoms with Gasteiger partial charge in [0, 0.05) is 0 Å². The first kappa shape index (κ1) is 12.2. The second kappa shape index (κ2) is 5.36. The highest BCUT2D eigenvalue weighted by Gasteiger charge is 1.97. The maximum absolute atomic E-state index is 9.22. The molecule has 3 nitrogen and oxygen atoms in total. The van der Waals surface area contributed by atoms with E-state index in [-0.39, 0.29) is 5.75 Å². The molecule has 0 saturated carbocycles. The number of aromatic hydroxyl groups is 1. The van der Waals surface area contributed by atoms with Crippen molar-refractivity contribution in [2.45, 2.75) is 13.8 Å². The molecule has 2 aromatic rings. The minimum absolute atomic E-state index is 0.262. The standard InChI is InChI=1S/C15H16N2O/c1-11-3-7-14(8-4-11)17-16-12(2)13-5-9-15(18)10-6-13/h3-10,17-18H,1-2H3/b16-12+. The van der Waals surface area contributed by atoms with Gasteiger partial charge in [0.25, 0.3) is 0 Å². The lowest BCUT2D eigenvalue weighted by molar-refractivity contribution is 0.475. The lowest BCUT2D eigenvalue weighted by Gasteiger charge is -2.04. The van der Waals surface area contributed by atoms with E-state index in [4.69, 9.17) is 0 Å². The van der Waals surface area contributed by atoms with Crippen molar-refractivity contribution in [2.75, 3.05) is 5.43 Å². The lowest BCUT2D eigenvalue weighted by Crippen LogP contribution is -1.99. The third-order valence-electron chi connectivity index (χ3n) is 2.69. The number of nitrogens with zero attached hydrogens (tertiary/aromatic N) is 1. The fraction of sp³-hybridized carbons (Fsp3) is 0.133. The van der Waals surface area contributed by atoms with Gasteiger partial charge in [-0.05, 0) is 55.8 Å². The Hall–Kier alpha value is -2.29. The number of phenols is 1. The Labute approximate surface area is 107 Å². The molecule has 0 atom stereocenters. The molecule has 0 heterocycles. The van der Waals surface area contributed by atoms with Gasteiger partial charge in [-0.1, -0.05) is 17.7 Å². The highest BCUT2D eigenvalue weighted by atomic mass is 16.3. The van der Waals surface area contributed by atoms with Crippen LogP contribution in [-0.2, 0) is 0 Å². The maximum atomic E-state index is 9.22. The second-order valence-electron chi connectivity index (χ2n) is 4.22. The lowest BCUT2D eigenvalue weighted by atomic mass is 10.1. The van der Waals surface area contributed by atoms with E-state index in [9.17, 15) is 5.11 Å². The van der Waals surface area contributed by atoms with Crippen LogP contribution >= 0.6 is 0 Å². The predicted octanol–water partition coefficient (Wildman–Crippen LogP) is 3.54. The van der Waals surface area contributed by atoms with Gasteiger partial charge in [0.1, 0.15) is 5.75 Å². The summed E-state index contributed by atoms with van der Waals surface area (Å²) in [7, 11) is 0. The highest BCUT2D eigenvalue weighted by molar-refractivity contribution is 5.99. The van der Waals surface area contributed by atoms with E-state index < -0.39 is 0 Å². The van der Waals surface area contributed by atoms with Crippen molar-refractivity contribution < 1.29 is 5.11 Å². The summed E-state index contributed by atoms with van der Waals surface area (Å²) in [6.45, 7) is 3.97. The van der Waals surface area contributed by atoms with Crippen LogP contribution in [0.5, 0.6) is 5.75 Å². The summed E-state index contributed by atoms with van der Waals surface area (Å²) < 4.78 is 0. The van der Waals surface area contributed by atoms with Crippen molar-refractivity contribution in [3.63, 3.8) is 0 Å².